The predicted molar refractivity (Wildman–Crippen MR) is 98.0 cm³/mol. The standard InChI is InChI=1S/C18H14ClN3O3/c1-10(21-22-17(23)11-2-5-14(20)6-3-11)15-9-12-8-13(19)4-7-16(12)25-18(15)24/h2-9H,20H2,1H3,(H,22,23)/b21-10+. The lowest BCUT2D eigenvalue weighted by atomic mass is 10.1. The summed E-state index contributed by atoms with van der Waals surface area (Å²) in [6.45, 7) is 1.60. The average Bonchev–Trinajstić information content (AvgIpc) is 2.59. The quantitative estimate of drug-likeness (QED) is 0.326. The number of anilines is 1. The number of hydrogen-bond acceptors (Lipinski definition) is 5. The van der Waals surface area contributed by atoms with Crippen molar-refractivity contribution < 1.29 is 9.21 Å². The van der Waals surface area contributed by atoms with E-state index < -0.39 is 11.5 Å². The van der Waals surface area contributed by atoms with Crippen molar-refractivity contribution in [3.8, 4) is 0 Å². The third-order valence-corrected chi connectivity index (χ3v) is 3.82. The van der Waals surface area contributed by atoms with Gasteiger partial charge in [0.15, 0.2) is 0 Å². The summed E-state index contributed by atoms with van der Waals surface area (Å²) in [7, 11) is 0. The molecule has 3 N–H and O–H groups in total. The van der Waals surface area contributed by atoms with Crippen molar-refractivity contribution in [2.24, 2.45) is 5.10 Å². The number of rotatable bonds is 3. The van der Waals surface area contributed by atoms with Crippen LogP contribution in [0, 0.1) is 0 Å². The SMILES string of the molecule is C/C(=N\NC(=O)c1ccc(N)cc1)c1cc2cc(Cl)ccc2oc1=O. The highest BCUT2D eigenvalue weighted by molar-refractivity contribution is 6.31. The number of hydrazone groups is 1. The van der Waals surface area contributed by atoms with E-state index in [1.165, 1.54) is 0 Å². The number of carbonyl (C=O) groups is 1. The van der Waals surface area contributed by atoms with Gasteiger partial charge in [0, 0.05) is 21.7 Å². The van der Waals surface area contributed by atoms with Crippen LogP contribution in [0.15, 0.2) is 62.8 Å². The largest absolute Gasteiger partial charge is 0.422 e. The van der Waals surface area contributed by atoms with Gasteiger partial charge in [-0.1, -0.05) is 11.6 Å². The van der Waals surface area contributed by atoms with Gasteiger partial charge in [-0.05, 0) is 55.5 Å². The summed E-state index contributed by atoms with van der Waals surface area (Å²) in [6.07, 6.45) is 0. The van der Waals surface area contributed by atoms with Gasteiger partial charge < -0.3 is 10.2 Å². The maximum atomic E-state index is 12.1. The van der Waals surface area contributed by atoms with Crippen LogP contribution in [0.4, 0.5) is 5.69 Å². The Bertz CT molecular complexity index is 1040. The molecule has 0 bridgehead atoms. The van der Waals surface area contributed by atoms with E-state index in [0.717, 1.165) is 0 Å². The van der Waals surface area contributed by atoms with Gasteiger partial charge in [-0.15, -0.1) is 0 Å². The van der Waals surface area contributed by atoms with Gasteiger partial charge in [0.05, 0.1) is 11.3 Å². The zero-order valence-corrected chi connectivity index (χ0v) is 14.0. The Morgan fingerprint density at radius 2 is 1.88 bits per heavy atom. The Morgan fingerprint density at radius 1 is 1.16 bits per heavy atom. The second kappa shape index (κ2) is 6.78. The van der Waals surface area contributed by atoms with Crippen molar-refractivity contribution in [3.63, 3.8) is 0 Å². The monoisotopic (exact) mass is 355 g/mol. The molecule has 3 rings (SSSR count). The number of benzene rings is 2. The Balaban J connectivity index is 1.88. The van der Waals surface area contributed by atoms with Crippen LogP contribution in [0.25, 0.3) is 11.0 Å². The molecule has 1 heterocycles. The molecule has 0 unspecified atom stereocenters. The molecule has 126 valence electrons. The minimum absolute atomic E-state index is 0.243. The molecule has 0 aliphatic carbocycles. The molecule has 1 amide bonds. The number of nitrogens with one attached hydrogen (secondary N) is 1. The van der Waals surface area contributed by atoms with Crippen LogP contribution < -0.4 is 16.8 Å². The van der Waals surface area contributed by atoms with E-state index in [1.807, 2.05) is 0 Å². The lowest BCUT2D eigenvalue weighted by molar-refractivity contribution is 0.0955. The van der Waals surface area contributed by atoms with Crippen molar-refractivity contribution >= 4 is 39.9 Å². The van der Waals surface area contributed by atoms with Gasteiger partial charge >= 0.3 is 5.63 Å². The topological polar surface area (TPSA) is 97.7 Å². The summed E-state index contributed by atoms with van der Waals surface area (Å²) in [5.74, 6) is -0.410. The van der Waals surface area contributed by atoms with E-state index >= 15 is 0 Å². The average molecular weight is 356 g/mol. The fraction of sp³-hybridized carbons (Fsp3) is 0.0556. The van der Waals surface area contributed by atoms with Crippen LogP contribution in [0.1, 0.15) is 22.8 Å². The number of nitrogens with zero attached hydrogens (tertiary/aromatic N) is 1. The normalized spacial score (nSPS) is 11.5. The first kappa shape index (κ1) is 16.7. The van der Waals surface area contributed by atoms with Gasteiger partial charge in [-0.2, -0.15) is 5.10 Å². The first-order chi connectivity index (χ1) is 11.9. The third kappa shape index (κ3) is 3.70. The van der Waals surface area contributed by atoms with Gasteiger partial charge in [-0.25, -0.2) is 10.2 Å². The lowest BCUT2D eigenvalue weighted by Gasteiger charge is -2.04. The summed E-state index contributed by atoms with van der Waals surface area (Å²) in [5, 5.41) is 5.17. The third-order valence-electron chi connectivity index (χ3n) is 3.58. The lowest BCUT2D eigenvalue weighted by Crippen LogP contribution is -2.21. The summed E-state index contributed by atoms with van der Waals surface area (Å²) < 4.78 is 5.25. The number of halogens is 1. The minimum Gasteiger partial charge on any atom is -0.422 e. The van der Waals surface area contributed by atoms with Crippen molar-refractivity contribution in [2.75, 3.05) is 5.73 Å². The smallest absolute Gasteiger partial charge is 0.345 e. The molecule has 3 aromatic rings. The van der Waals surface area contributed by atoms with Crippen LogP contribution in [0.2, 0.25) is 5.02 Å². The van der Waals surface area contributed by atoms with Crippen LogP contribution in [0.3, 0.4) is 0 Å². The predicted octanol–water partition coefficient (Wildman–Crippen LogP) is 3.18. The maximum Gasteiger partial charge on any atom is 0.345 e. The summed E-state index contributed by atoms with van der Waals surface area (Å²) in [6, 6.07) is 13.0. The molecule has 0 fully saturated rings. The molecule has 0 atom stereocenters. The molecule has 0 radical (unpaired) electrons. The molecule has 1 aromatic heterocycles. The molecule has 0 aliphatic heterocycles. The van der Waals surface area contributed by atoms with Crippen molar-refractivity contribution in [1.82, 2.24) is 5.43 Å². The summed E-state index contributed by atoms with van der Waals surface area (Å²) in [5.41, 5.74) is 9.40. The Hall–Kier alpha value is -3.12. The number of hydrogen-bond donors (Lipinski definition) is 2. The summed E-state index contributed by atoms with van der Waals surface area (Å²) in [4.78, 5) is 24.2. The zero-order chi connectivity index (χ0) is 18.0. The van der Waals surface area contributed by atoms with Gasteiger partial charge in [0.1, 0.15) is 5.58 Å². The van der Waals surface area contributed by atoms with E-state index in [0.29, 0.717) is 33.0 Å². The highest BCUT2D eigenvalue weighted by Gasteiger charge is 2.10. The molecular formula is C18H14ClN3O3. The molecule has 0 saturated heterocycles. The number of amides is 1. The fourth-order valence-corrected chi connectivity index (χ4v) is 2.42. The fourth-order valence-electron chi connectivity index (χ4n) is 2.24. The van der Waals surface area contributed by atoms with Gasteiger partial charge in [0.25, 0.3) is 5.91 Å². The highest BCUT2D eigenvalue weighted by atomic mass is 35.5. The number of nitrogen functional groups attached to an aromatic ring is 1. The number of nitrogens with two attached hydrogens (primary N) is 1. The van der Waals surface area contributed by atoms with E-state index in [4.69, 9.17) is 21.8 Å². The first-order valence-electron chi connectivity index (χ1n) is 7.38. The first-order valence-corrected chi connectivity index (χ1v) is 7.76. The number of fused-ring (bicyclic) bond motifs is 1. The van der Waals surface area contributed by atoms with Crippen LogP contribution in [-0.2, 0) is 0 Å². The van der Waals surface area contributed by atoms with E-state index in [1.54, 1.807) is 55.5 Å². The molecule has 0 saturated carbocycles. The minimum atomic E-state index is -0.544. The molecule has 2 aromatic carbocycles. The maximum absolute atomic E-state index is 12.1. The Morgan fingerprint density at radius 3 is 2.60 bits per heavy atom. The van der Waals surface area contributed by atoms with Crippen LogP contribution in [0.5, 0.6) is 0 Å². The van der Waals surface area contributed by atoms with Crippen molar-refractivity contribution in [2.45, 2.75) is 6.92 Å². The van der Waals surface area contributed by atoms with Crippen LogP contribution in [-0.4, -0.2) is 11.6 Å². The molecule has 25 heavy (non-hydrogen) atoms. The van der Waals surface area contributed by atoms with Crippen LogP contribution >= 0.6 is 11.6 Å². The van der Waals surface area contributed by atoms with E-state index in [9.17, 15) is 9.59 Å². The second-order valence-electron chi connectivity index (χ2n) is 5.39. The van der Waals surface area contributed by atoms with Gasteiger partial charge in [0.2, 0.25) is 0 Å². The highest BCUT2D eigenvalue weighted by Crippen LogP contribution is 2.19. The Kier molecular flexibility index (Phi) is 4.54. The Labute approximate surface area is 147 Å². The van der Waals surface area contributed by atoms with Crippen molar-refractivity contribution in [1.29, 1.82) is 0 Å². The van der Waals surface area contributed by atoms with Crippen molar-refractivity contribution in [3.05, 3.63) is 75.1 Å². The molecule has 7 heteroatoms. The molecule has 0 spiro atoms. The van der Waals surface area contributed by atoms with E-state index in [2.05, 4.69) is 10.5 Å². The second-order valence-corrected chi connectivity index (χ2v) is 5.83. The van der Waals surface area contributed by atoms with Gasteiger partial charge in [-0.3, -0.25) is 4.79 Å². The molecule has 0 aliphatic rings. The molecule has 6 nitrogen and oxygen atoms in total. The zero-order valence-electron chi connectivity index (χ0n) is 13.2. The number of carbonyl (C=O) groups excluding carboxylic acids is 1. The summed E-state index contributed by atoms with van der Waals surface area (Å²) >= 11 is 5.96. The molecular weight excluding hydrogens is 342 g/mol. The van der Waals surface area contributed by atoms with E-state index in [-0.39, 0.29) is 5.56 Å².